The van der Waals surface area contributed by atoms with Gasteiger partial charge in [-0.2, -0.15) is 0 Å². The molecule has 3 fully saturated rings. The Morgan fingerprint density at radius 1 is 1.24 bits per heavy atom. The third kappa shape index (κ3) is 4.65. The first-order chi connectivity index (χ1) is 12.0. The highest BCUT2D eigenvalue weighted by Gasteiger charge is 2.45. The third-order valence-corrected chi connectivity index (χ3v) is 6.23. The number of hydrogen-bond acceptors (Lipinski definition) is 3. The summed E-state index contributed by atoms with van der Waals surface area (Å²) in [5, 5.41) is 29.7. The highest BCUT2D eigenvalue weighted by Crippen LogP contribution is 2.50. The van der Waals surface area contributed by atoms with Crippen LogP contribution in [0.1, 0.15) is 70.6 Å². The fraction of sp³-hybridized carbons (Fsp3) is 0.762. The molecule has 3 N–H and O–H groups in total. The van der Waals surface area contributed by atoms with Gasteiger partial charge in [0.15, 0.2) is 0 Å². The van der Waals surface area contributed by atoms with Crippen molar-refractivity contribution in [2.24, 2.45) is 17.8 Å². The van der Waals surface area contributed by atoms with E-state index in [2.05, 4.69) is 17.9 Å². The van der Waals surface area contributed by atoms with Crippen LogP contribution in [0.4, 0.5) is 0 Å². The molecule has 0 spiro atoms. The van der Waals surface area contributed by atoms with Crippen LogP contribution in [0.25, 0.3) is 0 Å². The van der Waals surface area contributed by atoms with E-state index in [1.54, 1.807) is 0 Å². The minimum atomic E-state index is -0.843. The van der Waals surface area contributed by atoms with Crippen LogP contribution >= 0.6 is 0 Å². The van der Waals surface area contributed by atoms with E-state index >= 15 is 0 Å². The molecule has 3 rings (SSSR count). The Hall–Kier alpha value is -1.31. The van der Waals surface area contributed by atoms with Crippen molar-refractivity contribution >= 4 is 5.97 Å². The van der Waals surface area contributed by atoms with Gasteiger partial charge in [0.05, 0.1) is 6.10 Å². The molecule has 0 saturated heterocycles. The van der Waals surface area contributed by atoms with Gasteiger partial charge in [0.25, 0.3) is 0 Å². The molecule has 0 aromatic carbocycles. The molecule has 0 aromatic rings. The van der Waals surface area contributed by atoms with Crippen LogP contribution in [-0.2, 0) is 4.79 Å². The zero-order valence-corrected chi connectivity index (χ0v) is 14.9. The Balaban J connectivity index is 1.59. The maximum Gasteiger partial charge on any atom is 0.303 e. The number of fused-ring (bicyclic) bond motifs is 1. The van der Waals surface area contributed by atoms with Crippen molar-refractivity contribution in [3.63, 3.8) is 0 Å². The van der Waals surface area contributed by atoms with Crippen molar-refractivity contribution in [3.05, 3.63) is 11.6 Å². The monoisotopic (exact) mass is 346 g/mol. The van der Waals surface area contributed by atoms with Crippen LogP contribution in [-0.4, -0.2) is 33.0 Å². The summed E-state index contributed by atoms with van der Waals surface area (Å²) in [7, 11) is 0. The predicted molar refractivity (Wildman–Crippen MR) is 95.7 cm³/mol. The van der Waals surface area contributed by atoms with Gasteiger partial charge in [0, 0.05) is 12.3 Å². The number of aliphatic hydroxyl groups excluding tert-OH is 1. The van der Waals surface area contributed by atoms with E-state index in [1.807, 2.05) is 0 Å². The number of aliphatic hydroxyl groups is 2. The topological polar surface area (TPSA) is 77.8 Å². The van der Waals surface area contributed by atoms with Gasteiger partial charge >= 0.3 is 5.97 Å². The summed E-state index contributed by atoms with van der Waals surface area (Å²) in [5.74, 6) is 6.50. The van der Waals surface area contributed by atoms with Gasteiger partial charge < -0.3 is 15.3 Å². The summed E-state index contributed by atoms with van der Waals surface area (Å²) >= 11 is 0. The third-order valence-electron chi connectivity index (χ3n) is 6.23. The number of unbranched alkanes of at least 4 members (excludes halogenated alkanes) is 1. The summed E-state index contributed by atoms with van der Waals surface area (Å²) in [6, 6.07) is 0. The molecule has 0 amide bonds. The molecule has 0 unspecified atom stereocenters. The van der Waals surface area contributed by atoms with Crippen molar-refractivity contribution < 1.29 is 20.1 Å². The number of aliphatic carboxylic acids is 1. The average Bonchev–Trinajstić information content (AvgIpc) is 3.07. The normalized spacial score (nSPS) is 35.2. The lowest BCUT2D eigenvalue weighted by atomic mass is 9.84. The molecular formula is C21H30O4. The van der Waals surface area contributed by atoms with Gasteiger partial charge in [-0.3, -0.25) is 4.79 Å². The number of rotatable bonds is 4. The number of carbonyl (C=O) groups is 1. The van der Waals surface area contributed by atoms with Crippen LogP contribution in [0.3, 0.4) is 0 Å². The average molecular weight is 346 g/mol. The maximum absolute atomic E-state index is 10.6. The molecule has 0 aliphatic heterocycles. The highest BCUT2D eigenvalue weighted by atomic mass is 16.4. The summed E-state index contributed by atoms with van der Waals surface area (Å²) in [4.78, 5) is 10.6. The first-order valence-corrected chi connectivity index (χ1v) is 9.80. The lowest BCUT2D eigenvalue weighted by molar-refractivity contribution is -0.137. The van der Waals surface area contributed by atoms with Gasteiger partial charge in [-0.05, 0) is 69.6 Å². The molecule has 0 aromatic heterocycles. The molecule has 0 radical (unpaired) electrons. The number of carboxylic acid groups (broad SMARTS) is 1. The van der Waals surface area contributed by atoms with E-state index in [0.717, 1.165) is 51.4 Å². The smallest absolute Gasteiger partial charge is 0.303 e. The van der Waals surface area contributed by atoms with Crippen molar-refractivity contribution in [2.75, 3.05) is 0 Å². The van der Waals surface area contributed by atoms with Gasteiger partial charge in [-0.25, -0.2) is 0 Å². The Morgan fingerprint density at radius 2 is 2.00 bits per heavy atom. The van der Waals surface area contributed by atoms with Crippen molar-refractivity contribution in [1.29, 1.82) is 0 Å². The summed E-state index contributed by atoms with van der Waals surface area (Å²) < 4.78 is 0. The Kier molecular flexibility index (Phi) is 5.86. The highest BCUT2D eigenvalue weighted by molar-refractivity contribution is 5.66. The van der Waals surface area contributed by atoms with Crippen LogP contribution in [0.5, 0.6) is 0 Å². The molecule has 138 valence electrons. The Bertz CT molecular complexity index is 576. The zero-order valence-electron chi connectivity index (χ0n) is 14.9. The largest absolute Gasteiger partial charge is 0.481 e. The van der Waals surface area contributed by atoms with Crippen LogP contribution in [0.15, 0.2) is 11.6 Å². The fourth-order valence-corrected chi connectivity index (χ4v) is 4.87. The number of hydrogen-bond donors (Lipinski definition) is 3. The van der Waals surface area contributed by atoms with Crippen molar-refractivity contribution in [1.82, 2.24) is 0 Å². The molecule has 4 heteroatoms. The SMILES string of the molecule is O=C(O)CCC/C=C1\C[C@@H]2C[C@H](O)[C@H](C#CC3(O)CCCCC3)[C@H]2C1. The quantitative estimate of drug-likeness (QED) is 0.415. The van der Waals surface area contributed by atoms with Gasteiger partial charge in [-0.15, -0.1) is 0 Å². The van der Waals surface area contributed by atoms with Gasteiger partial charge in [0.1, 0.15) is 5.60 Å². The number of allylic oxidation sites excluding steroid dienone is 2. The van der Waals surface area contributed by atoms with Gasteiger partial charge in [-0.1, -0.05) is 29.9 Å². The summed E-state index contributed by atoms with van der Waals surface area (Å²) in [6.07, 6.45) is 11.1. The Morgan fingerprint density at radius 3 is 2.72 bits per heavy atom. The summed E-state index contributed by atoms with van der Waals surface area (Å²) in [6.45, 7) is 0. The minimum Gasteiger partial charge on any atom is -0.481 e. The second kappa shape index (κ2) is 7.93. The molecular weight excluding hydrogens is 316 g/mol. The molecule has 3 saturated carbocycles. The van der Waals surface area contributed by atoms with Crippen LogP contribution < -0.4 is 0 Å². The van der Waals surface area contributed by atoms with E-state index in [0.29, 0.717) is 18.3 Å². The van der Waals surface area contributed by atoms with E-state index in [9.17, 15) is 15.0 Å². The van der Waals surface area contributed by atoms with Crippen molar-refractivity contribution in [3.8, 4) is 11.8 Å². The first-order valence-electron chi connectivity index (χ1n) is 9.80. The van der Waals surface area contributed by atoms with E-state index in [1.165, 1.54) is 12.0 Å². The molecule has 4 nitrogen and oxygen atoms in total. The second-order valence-electron chi connectivity index (χ2n) is 8.17. The fourth-order valence-electron chi connectivity index (χ4n) is 4.87. The second-order valence-corrected chi connectivity index (χ2v) is 8.17. The standard InChI is InChI=1S/C21H30O4/c22-19-14-16-12-15(6-2-3-7-20(23)24)13-18(16)17(19)8-11-21(25)9-4-1-5-10-21/h6,16-19,22,25H,1-5,7,9-10,12-14H2,(H,23,24)/b15-6+/t16-,17-,18+,19+/m1/s1. The minimum absolute atomic E-state index is 0.0270. The van der Waals surface area contributed by atoms with E-state index in [4.69, 9.17) is 5.11 Å². The van der Waals surface area contributed by atoms with E-state index in [-0.39, 0.29) is 18.4 Å². The Labute approximate surface area is 150 Å². The zero-order chi connectivity index (χ0) is 17.9. The molecule has 0 heterocycles. The lowest BCUT2D eigenvalue weighted by Gasteiger charge is -2.27. The van der Waals surface area contributed by atoms with Crippen LogP contribution in [0, 0.1) is 29.6 Å². The molecule has 4 atom stereocenters. The van der Waals surface area contributed by atoms with Crippen LogP contribution in [0.2, 0.25) is 0 Å². The molecule has 3 aliphatic rings. The first kappa shape index (κ1) is 18.5. The summed E-state index contributed by atoms with van der Waals surface area (Å²) in [5.41, 5.74) is 0.555. The molecule has 25 heavy (non-hydrogen) atoms. The molecule has 0 bridgehead atoms. The van der Waals surface area contributed by atoms with E-state index < -0.39 is 11.6 Å². The predicted octanol–water partition coefficient (Wildman–Crippen LogP) is 3.27. The van der Waals surface area contributed by atoms with Gasteiger partial charge in [0.2, 0.25) is 0 Å². The molecule has 3 aliphatic carbocycles. The maximum atomic E-state index is 10.6. The number of carboxylic acids is 1. The van der Waals surface area contributed by atoms with Crippen molar-refractivity contribution in [2.45, 2.75) is 82.3 Å². The lowest BCUT2D eigenvalue weighted by Crippen LogP contribution is -2.30.